The van der Waals surface area contributed by atoms with Crippen LogP contribution < -0.4 is 10.1 Å². The fourth-order valence-corrected chi connectivity index (χ4v) is 3.96. The first-order valence-corrected chi connectivity index (χ1v) is 11.3. The lowest BCUT2D eigenvalue weighted by Crippen LogP contribution is -2.45. The first-order valence-electron chi connectivity index (χ1n) is 11.3. The second kappa shape index (κ2) is 12.8. The van der Waals surface area contributed by atoms with Crippen LogP contribution in [0.25, 0.3) is 0 Å². The van der Waals surface area contributed by atoms with Gasteiger partial charge in [0.2, 0.25) is 0 Å². The van der Waals surface area contributed by atoms with Crippen LogP contribution >= 0.6 is 0 Å². The number of methoxy groups -OCH3 is 1. The molecular weight excluding hydrogens is 443 g/mol. The Morgan fingerprint density at radius 3 is 2.53 bits per heavy atom. The van der Waals surface area contributed by atoms with Crippen LogP contribution in [-0.2, 0) is 19.1 Å². The monoisotopic (exact) mass is 476 g/mol. The number of hydrogen-bond acceptors (Lipinski definition) is 7. The number of carbonyl (C=O) groups is 2. The standard InChI is InChI=1S/C25H33FN2O6/c1-6-20(32-5)22(29)21(27-4)24(30)28-15(2)25(31)33-16(3)23(17-10-7-8-11-17)34-19-13-9-12-18(26)14-19/h6,9,12-17,23,29H,4,7-8,10-11H2,1-3,5H3,(H,28,30)/b20-6+,22-21+/t15-,16-,23-/m0/s1. The van der Waals surface area contributed by atoms with Crippen LogP contribution in [0.4, 0.5) is 4.39 Å². The van der Waals surface area contributed by atoms with Gasteiger partial charge >= 0.3 is 5.97 Å². The van der Waals surface area contributed by atoms with Crippen molar-refractivity contribution in [1.82, 2.24) is 5.32 Å². The van der Waals surface area contributed by atoms with E-state index in [0.717, 1.165) is 25.7 Å². The molecule has 1 aromatic rings. The molecule has 0 aliphatic heterocycles. The summed E-state index contributed by atoms with van der Waals surface area (Å²) in [7, 11) is 1.33. The number of ether oxygens (including phenoxy) is 3. The highest BCUT2D eigenvalue weighted by molar-refractivity contribution is 5.97. The smallest absolute Gasteiger partial charge is 0.328 e. The molecule has 0 heterocycles. The number of halogens is 1. The van der Waals surface area contributed by atoms with Crippen molar-refractivity contribution in [3.8, 4) is 5.75 Å². The van der Waals surface area contributed by atoms with Crippen molar-refractivity contribution in [3.05, 3.63) is 53.4 Å². The minimum Gasteiger partial charge on any atom is -0.503 e. The molecule has 0 unspecified atom stereocenters. The number of esters is 1. The van der Waals surface area contributed by atoms with Gasteiger partial charge in [0.15, 0.2) is 17.2 Å². The number of aliphatic hydroxyl groups is 1. The normalized spacial score (nSPS) is 17.7. The summed E-state index contributed by atoms with van der Waals surface area (Å²) in [5, 5.41) is 12.7. The predicted octanol–water partition coefficient (Wildman–Crippen LogP) is 4.22. The third-order valence-corrected chi connectivity index (χ3v) is 5.71. The zero-order valence-corrected chi connectivity index (χ0v) is 20.0. The Labute approximate surface area is 199 Å². The van der Waals surface area contributed by atoms with Gasteiger partial charge in [-0.05, 0) is 64.5 Å². The lowest BCUT2D eigenvalue weighted by atomic mass is 9.96. The van der Waals surface area contributed by atoms with E-state index in [9.17, 15) is 19.1 Å². The van der Waals surface area contributed by atoms with Gasteiger partial charge in [0.05, 0.1) is 7.11 Å². The van der Waals surface area contributed by atoms with Crippen molar-refractivity contribution >= 4 is 18.6 Å². The summed E-state index contributed by atoms with van der Waals surface area (Å²) >= 11 is 0. The van der Waals surface area contributed by atoms with E-state index in [0.29, 0.717) is 5.75 Å². The van der Waals surface area contributed by atoms with E-state index < -0.39 is 41.7 Å². The summed E-state index contributed by atoms with van der Waals surface area (Å²) in [6, 6.07) is 4.79. The Balaban J connectivity index is 2.09. The van der Waals surface area contributed by atoms with E-state index in [-0.39, 0.29) is 17.4 Å². The van der Waals surface area contributed by atoms with Crippen molar-refractivity contribution in [2.24, 2.45) is 10.9 Å². The Hall–Kier alpha value is -3.36. The molecule has 34 heavy (non-hydrogen) atoms. The fourth-order valence-electron chi connectivity index (χ4n) is 3.96. The van der Waals surface area contributed by atoms with E-state index in [2.05, 4.69) is 17.0 Å². The van der Waals surface area contributed by atoms with Crippen LogP contribution in [0.2, 0.25) is 0 Å². The van der Waals surface area contributed by atoms with Gasteiger partial charge in [-0.1, -0.05) is 18.9 Å². The molecule has 8 nitrogen and oxygen atoms in total. The Morgan fingerprint density at radius 1 is 1.29 bits per heavy atom. The minimum absolute atomic E-state index is 0.0373. The van der Waals surface area contributed by atoms with Crippen LogP contribution in [0.15, 0.2) is 52.5 Å². The average Bonchev–Trinajstić information content (AvgIpc) is 3.33. The molecule has 1 amide bonds. The molecule has 9 heteroatoms. The number of allylic oxidation sites excluding steroid dienone is 1. The summed E-state index contributed by atoms with van der Waals surface area (Å²) in [6.45, 7) is 8.08. The predicted molar refractivity (Wildman–Crippen MR) is 126 cm³/mol. The van der Waals surface area contributed by atoms with E-state index in [1.165, 1.54) is 32.2 Å². The molecule has 0 spiro atoms. The number of benzene rings is 1. The first kappa shape index (κ1) is 26.9. The Kier molecular flexibility index (Phi) is 10.1. The molecular formula is C25H33FN2O6. The lowest BCUT2D eigenvalue weighted by molar-refractivity contribution is -0.157. The maximum Gasteiger partial charge on any atom is 0.328 e. The van der Waals surface area contributed by atoms with Crippen molar-refractivity contribution in [1.29, 1.82) is 0 Å². The second-order valence-electron chi connectivity index (χ2n) is 8.13. The van der Waals surface area contributed by atoms with Gasteiger partial charge in [-0.25, -0.2) is 9.18 Å². The summed E-state index contributed by atoms with van der Waals surface area (Å²) in [5.74, 6) is -1.87. The quantitative estimate of drug-likeness (QED) is 0.163. The van der Waals surface area contributed by atoms with E-state index in [1.807, 2.05) is 0 Å². The molecule has 2 N–H and O–H groups in total. The zero-order valence-electron chi connectivity index (χ0n) is 20.0. The Bertz CT molecular complexity index is 939. The SMILES string of the molecule is C=N/C(C(=O)N[C@@H](C)C(=O)O[C@@H](C)[C@H](Oc1cccc(F)c1)C1CCCC1)=C(O)\C(=C/C)OC. The third-order valence-electron chi connectivity index (χ3n) is 5.71. The van der Waals surface area contributed by atoms with Crippen molar-refractivity contribution in [2.45, 2.75) is 64.7 Å². The minimum atomic E-state index is -1.05. The largest absolute Gasteiger partial charge is 0.503 e. The van der Waals surface area contributed by atoms with Gasteiger partial charge in [0.1, 0.15) is 29.8 Å². The highest BCUT2D eigenvalue weighted by Crippen LogP contribution is 2.32. The number of aliphatic hydroxyl groups excluding tert-OH is 1. The number of hydrogen-bond donors (Lipinski definition) is 2. The molecule has 1 saturated carbocycles. The molecule has 0 saturated heterocycles. The summed E-state index contributed by atoms with van der Waals surface area (Å²) in [5.41, 5.74) is -0.388. The molecule has 1 aliphatic rings. The van der Waals surface area contributed by atoms with Crippen LogP contribution in [0.5, 0.6) is 5.75 Å². The number of nitrogens with zero attached hydrogens (tertiary/aromatic N) is 1. The van der Waals surface area contributed by atoms with Crippen LogP contribution in [-0.4, -0.2) is 49.1 Å². The van der Waals surface area contributed by atoms with Gasteiger partial charge < -0.3 is 24.6 Å². The maximum absolute atomic E-state index is 13.6. The molecule has 186 valence electrons. The number of nitrogens with one attached hydrogen (secondary N) is 1. The number of aliphatic imine (C=N–C) groups is 1. The van der Waals surface area contributed by atoms with E-state index >= 15 is 0 Å². The first-order chi connectivity index (χ1) is 16.2. The van der Waals surface area contributed by atoms with Gasteiger partial charge in [-0.2, -0.15) is 0 Å². The van der Waals surface area contributed by atoms with Gasteiger partial charge in [-0.15, -0.1) is 0 Å². The Morgan fingerprint density at radius 2 is 1.97 bits per heavy atom. The average molecular weight is 477 g/mol. The number of carbonyl (C=O) groups excluding carboxylic acids is 2. The topological polar surface area (TPSA) is 106 Å². The van der Waals surface area contributed by atoms with Gasteiger partial charge in [0.25, 0.3) is 5.91 Å². The molecule has 2 rings (SSSR count). The highest BCUT2D eigenvalue weighted by Gasteiger charge is 2.34. The summed E-state index contributed by atoms with van der Waals surface area (Å²) < 4.78 is 30.3. The molecule has 0 bridgehead atoms. The van der Waals surface area contributed by atoms with E-state index in [1.54, 1.807) is 26.0 Å². The van der Waals surface area contributed by atoms with E-state index in [4.69, 9.17) is 14.2 Å². The van der Waals surface area contributed by atoms with Crippen molar-refractivity contribution in [3.63, 3.8) is 0 Å². The molecule has 0 aromatic heterocycles. The fraction of sp³-hybridized carbons (Fsp3) is 0.480. The van der Waals surface area contributed by atoms with Gasteiger partial charge in [-0.3, -0.25) is 9.79 Å². The number of amides is 1. The molecule has 1 aromatic carbocycles. The van der Waals surface area contributed by atoms with Crippen LogP contribution in [0.1, 0.15) is 46.5 Å². The molecule has 1 fully saturated rings. The number of rotatable bonds is 11. The van der Waals surface area contributed by atoms with Gasteiger partial charge in [0, 0.05) is 6.07 Å². The highest BCUT2D eigenvalue weighted by atomic mass is 19.1. The molecule has 0 radical (unpaired) electrons. The summed E-state index contributed by atoms with van der Waals surface area (Å²) in [4.78, 5) is 28.8. The van der Waals surface area contributed by atoms with Crippen molar-refractivity contribution in [2.75, 3.05) is 7.11 Å². The third kappa shape index (κ3) is 7.07. The summed E-state index contributed by atoms with van der Waals surface area (Å²) in [6.07, 6.45) is 4.26. The zero-order chi connectivity index (χ0) is 25.3. The lowest BCUT2D eigenvalue weighted by Gasteiger charge is -2.30. The maximum atomic E-state index is 13.6. The molecule has 3 atom stereocenters. The van der Waals surface area contributed by atoms with Crippen LogP contribution in [0.3, 0.4) is 0 Å². The van der Waals surface area contributed by atoms with Crippen LogP contribution in [0, 0.1) is 11.7 Å². The second-order valence-corrected chi connectivity index (χ2v) is 8.13. The van der Waals surface area contributed by atoms with Crippen molar-refractivity contribution < 1.29 is 33.3 Å². The molecule has 1 aliphatic carbocycles.